The molecular weight excluding hydrogens is 398 g/mol. The second kappa shape index (κ2) is 8.85. The molecule has 1 aliphatic heterocycles. The molecule has 0 unspecified atom stereocenters. The van der Waals surface area contributed by atoms with Crippen LogP contribution in [-0.4, -0.2) is 62.2 Å². The van der Waals surface area contributed by atoms with Crippen molar-refractivity contribution in [3.05, 3.63) is 52.9 Å². The topological polar surface area (TPSA) is 86.8 Å². The molecule has 0 spiro atoms. The Labute approximate surface area is 169 Å². The Bertz CT molecular complexity index is 933. The maximum absolute atomic E-state index is 12.6. The van der Waals surface area contributed by atoms with E-state index in [-0.39, 0.29) is 37.9 Å². The minimum atomic E-state index is -3.49. The van der Waals surface area contributed by atoms with Crippen molar-refractivity contribution in [3.8, 4) is 0 Å². The van der Waals surface area contributed by atoms with E-state index in [4.69, 9.17) is 0 Å². The molecule has 1 fully saturated rings. The average molecular weight is 422 g/mol. The highest BCUT2D eigenvalue weighted by molar-refractivity contribution is 7.91. The van der Waals surface area contributed by atoms with Crippen LogP contribution in [0.3, 0.4) is 0 Å². The van der Waals surface area contributed by atoms with E-state index in [1.807, 2.05) is 13.0 Å². The number of nitrogens with zero attached hydrogens (tertiary/aromatic N) is 2. The summed E-state index contributed by atoms with van der Waals surface area (Å²) in [6.45, 7) is 3.39. The maximum Gasteiger partial charge on any atom is 0.252 e. The average Bonchev–Trinajstić information content (AvgIpc) is 3.16. The summed E-state index contributed by atoms with van der Waals surface area (Å²) >= 11 is 1.26. The lowest BCUT2D eigenvalue weighted by molar-refractivity contribution is -0.132. The number of thiophene rings is 1. The fraction of sp³-hybridized carbons (Fsp3) is 0.368. The molecule has 1 aromatic heterocycles. The molecule has 150 valence electrons. The summed E-state index contributed by atoms with van der Waals surface area (Å²) in [5, 5.41) is 2.73. The number of benzene rings is 1. The van der Waals surface area contributed by atoms with Gasteiger partial charge in [0.05, 0.1) is 0 Å². The zero-order chi connectivity index (χ0) is 20.1. The van der Waals surface area contributed by atoms with Gasteiger partial charge in [0.15, 0.2) is 0 Å². The van der Waals surface area contributed by atoms with Gasteiger partial charge in [-0.25, -0.2) is 8.42 Å². The number of hydrogen-bond donors (Lipinski definition) is 1. The number of sulfonamides is 1. The van der Waals surface area contributed by atoms with Crippen molar-refractivity contribution in [2.45, 2.75) is 17.6 Å². The van der Waals surface area contributed by atoms with Crippen molar-refractivity contribution >= 4 is 33.2 Å². The Balaban J connectivity index is 1.45. The number of nitrogens with one attached hydrogen (secondary N) is 1. The third-order valence-corrected chi connectivity index (χ3v) is 7.93. The molecule has 0 bridgehead atoms. The van der Waals surface area contributed by atoms with Crippen LogP contribution in [0.4, 0.5) is 0 Å². The first-order chi connectivity index (χ1) is 13.4. The molecule has 3 rings (SSSR count). The summed E-state index contributed by atoms with van der Waals surface area (Å²) in [5.41, 5.74) is 0.553. The number of hydrogen-bond acceptors (Lipinski definition) is 5. The predicted octanol–water partition coefficient (Wildman–Crippen LogP) is 1.71. The van der Waals surface area contributed by atoms with E-state index in [1.54, 1.807) is 41.3 Å². The van der Waals surface area contributed by atoms with E-state index in [2.05, 4.69) is 5.32 Å². The molecule has 1 saturated heterocycles. The third kappa shape index (κ3) is 4.78. The molecule has 1 aromatic carbocycles. The zero-order valence-corrected chi connectivity index (χ0v) is 17.3. The molecule has 0 atom stereocenters. The van der Waals surface area contributed by atoms with Gasteiger partial charge in [0.2, 0.25) is 5.91 Å². The number of rotatable bonds is 6. The highest BCUT2D eigenvalue weighted by Crippen LogP contribution is 2.25. The predicted molar refractivity (Wildman–Crippen MR) is 108 cm³/mol. The van der Waals surface area contributed by atoms with Crippen LogP contribution in [0.2, 0.25) is 0 Å². The van der Waals surface area contributed by atoms with E-state index in [0.29, 0.717) is 22.9 Å². The van der Waals surface area contributed by atoms with Crippen LogP contribution in [0.1, 0.15) is 21.7 Å². The van der Waals surface area contributed by atoms with Gasteiger partial charge in [-0.3, -0.25) is 9.59 Å². The maximum atomic E-state index is 12.6. The Morgan fingerprint density at radius 3 is 2.32 bits per heavy atom. The second-order valence-electron chi connectivity index (χ2n) is 6.52. The Kier molecular flexibility index (Phi) is 6.48. The van der Waals surface area contributed by atoms with Crippen LogP contribution in [0.15, 0.2) is 46.7 Å². The highest BCUT2D eigenvalue weighted by atomic mass is 32.2. The Morgan fingerprint density at radius 2 is 1.71 bits per heavy atom. The van der Waals surface area contributed by atoms with E-state index >= 15 is 0 Å². The molecule has 1 N–H and O–H groups in total. The van der Waals surface area contributed by atoms with Crippen molar-refractivity contribution in [1.82, 2.24) is 14.5 Å². The van der Waals surface area contributed by atoms with E-state index in [1.165, 1.54) is 15.6 Å². The first kappa shape index (κ1) is 20.5. The minimum Gasteiger partial charge on any atom is -0.352 e. The van der Waals surface area contributed by atoms with Crippen LogP contribution in [-0.2, 0) is 14.8 Å². The number of aryl methyl sites for hydroxylation is 1. The normalized spacial score (nSPS) is 15.4. The summed E-state index contributed by atoms with van der Waals surface area (Å²) < 4.78 is 27.1. The summed E-state index contributed by atoms with van der Waals surface area (Å²) in [6.07, 6.45) is 0.190. The van der Waals surface area contributed by atoms with Gasteiger partial charge in [-0.2, -0.15) is 4.31 Å². The lowest BCUT2D eigenvalue weighted by Gasteiger charge is -2.33. The van der Waals surface area contributed by atoms with Gasteiger partial charge in [-0.15, -0.1) is 11.3 Å². The van der Waals surface area contributed by atoms with Crippen LogP contribution >= 0.6 is 11.3 Å². The monoisotopic (exact) mass is 421 g/mol. The third-order valence-electron chi connectivity index (χ3n) is 4.56. The van der Waals surface area contributed by atoms with Gasteiger partial charge in [0.1, 0.15) is 4.21 Å². The van der Waals surface area contributed by atoms with Crippen LogP contribution < -0.4 is 5.32 Å². The lowest BCUT2D eigenvalue weighted by Crippen LogP contribution is -2.50. The molecule has 0 radical (unpaired) electrons. The smallest absolute Gasteiger partial charge is 0.252 e. The molecule has 0 aliphatic carbocycles. The lowest BCUT2D eigenvalue weighted by atomic mass is 10.2. The number of carbonyl (C=O) groups is 2. The molecular formula is C19H23N3O4S2. The number of piperazine rings is 1. The van der Waals surface area contributed by atoms with Crippen molar-refractivity contribution in [3.63, 3.8) is 0 Å². The van der Waals surface area contributed by atoms with Crippen molar-refractivity contribution < 1.29 is 18.0 Å². The fourth-order valence-electron chi connectivity index (χ4n) is 2.99. The number of carbonyl (C=O) groups excluding carboxylic acids is 2. The Hall–Kier alpha value is -2.23. The number of amides is 2. The van der Waals surface area contributed by atoms with Crippen LogP contribution in [0, 0.1) is 6.92 Å². The molecule has 2 aromatic rings. The van der Waals surface area contributed by atoms with Crippen LogP contribution in [0.25, 0.3) is 0 Å². The molecule has 1 aliphatic rings. The standard InChI is InChI=1S/C19H23N3O4S2/c1-15-7-8-18(27-15)28(25,26)22-13-11-21(12-14-22)17(23)9-10-20-19(24)16-5-3-2-4-6-16/h2-8H,9-14H2,1H3,(H,20,24). The van der Waals surface area contributed by atoms with E-state index in [9.17, 15) is 18.0 Å². The molecule has 7 nitrogen and oxygen atoms in total. The van der Waals surface area contributed by atoms with Crippen molar-refractivity contribution in [1.29, 1.82) is 0 Å². The largest absolute Gasteiger partial charge is 0.352 e. The molecule has 9 heteroatoms. The molecule has 0 saturated carbocycles. The van der Waals surface area contributed by atoms with Gasteiger partial charge >= 0.3 is 0 Å². The van der Waals surface area contributed by atoms with Gasteiger partial charge < -0.3 is 10.2 Å². The van der Waals surface area contributed by atoms with E-state index < -0.39 is 10.0 Å². The summed E-state index contributed by atoms with van der Waals surface area (Å²) in [6, 6.07) is 12.2. The van der Waals surface area contributed by atoms with Crippen molar-refractivity contribution in [2.24, 2.45) is 0 Å². The minimum absolute atomic E-state index is 0.0858. The summed E-state index contributed by atoms with van der Waals surface area (Å²) in [5.74, 6) is -0.298. The van der Waals surface area contributed by atoms with Crippen molar-refractivity contribution in [2.75, 3.05) is 32.7 Å². The van der Waals surface area contributed by atoms with Gasteiger partial charge in [0.25, 0.3) is 15.9 Å². The quantitative estimate of drug-likeness (QED) is 0.769. The molecule has 2 heterocycles. The first-order valence-electron chi connectivity index (χ1n) is 9.05. The van der Waals surface area contributed by atoms with Crippen LogP contribution in [0.5, 0.6) is 0 Å². The zero-order valence-electron chi connectivity index (χ0n) is 15.6. The van der Waals surface area contributed by atoms with Gasteiger partial charge in [0, 0.05) is 49.6 Å². The SMILES string of the molecule is Cc1ccc(S(=O)(=O)N2CCN(C(=O)CCNC(=O)c3ccccc3)CC2)s1. The second-order valence-corrected chi connectivity index (χ2v) is 9.97. The molecule has 28 heavy (non-hydrogen) atoms. The first-order valence-corrected chi connectivity index (χ1v) is 11.3. The van der Waals surface area contributed by atoms with E-state index in [0.717, 1.165) is 4.88 Å². The van der Waals surface area contributed by atoms with Gasteiger partial charge in [-0.1, -0.05) is 18.2 Å². The van der Waals surface area contributed by atoms with Gasteiger partial charge in [-0.05, 0) is 31.2 Å². The Morgan fingerprint density at radius 1 is 1.04 bits per heavy atom. The molecule has 2 amide bonds. The summed E-state index contributed by atoms with van der Waals surface area (Å²) in [7, 11) is -3.49. The highest BCUT2D eigenvalue weighted by Gasteiger charge is 2.30. The summed E-state index contributed by atoms with van der Waals surface area (Å²) in [4.78, 5) is 26.9. The fourth-order valence-corrected chi connectivity index (χ4v) is 5.85.